The Morgan fingerprint density at radius 1 is 1.50 bits per heavy atom. The van der Waals surface area contributed by atoms with Crippen LogP contribution in [0, 0.1) is 0 Å². The van der Waals surface area contributed by atoms with Gasteiger partial charge in [0.25, 0.3) is 0 Å². The predicted molar refractivity (Wildman–Crippen MR) is 71.6 cm³/mol. The lowest BCUT2D eigenvalue weighted by Gasteiger charge is -2.22. The minimum Gasteiger partial charge on any atom is -0.391 e. The third kappa shape index (κ3) is 3.57. The van der Waals surface area contributed by atoms with Crippen LogP contribution in [-0.2, 0) is 11.4 Å². The lowest BCUT2D eigenvalue weighted by Crippen LogP contribution is -2.35. The molecule has 1 unspecified atom stereocenters. The number of hydrogen-bond donors (Lipinski definition) is 0. The maximum Gasteiger partial charge on any atom is 0.145 e. The van der Waals surface area contributed by atoms with Gasteiger partial charge in [-0.25, -0.2) is 0 Å². The maximum absolute atomic E-state index is 5.45. The van der Waals surface area contributed by atoms with Gasteiger partial charge in [0, 0.05) is 31.9 Å². The first-order valence-electron chi connectivity index (χ1n) is 6.73. The Hall–Kier alpha value is -1.36. The fourth-order valence-electron chi connectivity index (χ4n) is 2.14. The molecule has 0 saturated heterocycles. The van der Waals surface area contributed by atoms with Gasteiger partial charge in [-0.1, -0.05) is 19.0 Å². The van der Waals surface area contributed by atoms with E-state index in [1.165, 1.54) is 5.71 Å². The van der Waals surface area contributed by atoms with Crippen LogP contribution in [-0.4, -0.2) is 46.1 Å². The molecule has 0 aliphatic carbocycles. The highest BCUT2D eigenvalue weighted by Crippen LogP contribution is 2.13. The van der Waals surface area contributed by atoms with Crippen molar-refractivity contribution < 1.29 is 4.84 Å². The third-order valence-electron chi connectivity index (χ3n) is 3.32. The highest BCUT2D eigenvalue weighted by molar-refractivity contribution is 5.85. The van der Waals surface area contributed by atoms with Gasteiger partial charge in [0.2, 0.25) is 0 Å². The third-order valence-corrected chi connectivity index (χ3v) is 3.32. The van der Waals surface area contributed by atoms with E-state index in [-0.39, 0.29) is 6.10 Å². The summed E-state index contributed by atoms with van der Waals surface area (Å²) in [6.45, 7) is 8.21. The van der Waals surface area contributed by atoms with Crippen LogP contribution in [0.2, 0.25) is 0 Å². The Bertz CT molecular complexity index is 374. The second-order valence-electron chi connectivity index (χ2n) is 4.60. The van der Waals surface area contributed by atoms with Gasteiger partial charge in [-0.3, -0.25) is 9.58 Å². The van der Waals surface area contributed by atoms with E-state index in [0.717, 1.165) is 39.0 Å². The van der Waals surface area contributed by atoms with Crippen LogP contribution in [0.3, 0.4) is 0 Å². The molecule has 0 amide bonds. The van der Waals surface area contributed by atoms with E-state index in [4.69, 9.17) is 4.84 Å². The summed E-state index contributed by atoms with van der Waals surface area (Å²) in [7, 11) is 0. The molecule has 100 valence electrons. The smallest absolute Gasteiger partial charge is 0.145 e. The molecule has 18 heavy (non-hydrogen) atoms. The molecule has 1 aromatic heterocycles. The maximum atomic E-state index is 5.45. The predicted octanol–water partition coefficient (Wildman–Crippen LogP) is 1.76. The molecule has 5 heteroatoms. The zero-order chi connectivity index (χ0) is 12.8. The number of hydrogen-bond acceptors (Lipinski definition) is 4. The first kappa shape index (κ1) is 13.1. The van der Waals surface area contributed by atoms with Crippen LogP contribution in [0.5, 0.6) is 0 Å². The van der Waals surface area contributed by atoms with Crippen LogP contribution < -0.4 is 0 Å². The van der Waals surface area contributed by atoms with E-state index >= 15 is 0 Å². The minimum atomic E-state index is 0.234. The highest BCUT2D eigenvalue weighted by Gasteiger charge is 2.21. The molecule has 0 aromatic carbocycles. The lowest BCUT2D eigenvalue weighted by molar-refractivity contribution is 0.0527. The van der Waals surface area contributed by atoms with Crippen LogP contribution in [0.15, 0.2) is 23.6 Å². The van der Waals surface area contributed by atoms with Crippen molar-refractivity contribution in [2.45, 2.75) is 39.3 Å². The monoisotopic (exact) mass is 250 g/mol. The molecule has 0 spiro atoms. The molecule has 2 heterocycles. The van der Waals surface area contributed by atoms with Gasteiger partial charge in [0.05, 0.1) is 12.3 Å². The number of likely N-dealkylation sites (N-methyl/N-ethyl adjacent to an activating group) is 1. The minimum absolute atomic E-state index is 0.234. The molecule has 0 bridgehead atoms. The van der Waals surface area contributed by atoms with E-state index in [1.54, 1.807) is 0 Å². The molecule has 1 aliphatic rings. The Morgan fingerprint density at radius 2 is 2.39 bits per heavy atom. The summed E-state index contributed by atoms with van der Waals surface area (Å²) < 4.78 is 1.96. The van der Waals surface area contributed by atoms with Crippen molar-refractivity contribution in [3.8, 4) is 0 Å². The molecular weight excluding hydrogens is 228 g/mol. The van der Waals surface area contributed by atoms with Gasteiger partial charge in [-0.15, -0.1) is 0 Å². The second kappa shape index (κ2) is 6.54. The Balaban J connectivity index is 1.73. The standard InChI is InChI=1S/C13H22N4O/c1-3-12-10-13(18-15-12)11-16(4-2)8-9-17-7-5-6-14-17/h5-7,13H,3-4,8-11H2,1-2H3. The zero-order valence-electron chi connectivity index (χ0n) is 11.2. The van der Waals surface area contributed by atoms with Crippen molar-refractivity contribution >= 4 is 5.71 Å². The van der Waals surface area contributed by atoms with E-state index in [9.17, 15) is 0 Å². The first-order chi connectivity index (χ1) is 8.81. The van der Waals surface area contributed by atoms with Gasteiger partial charge in [0.1, 0.15) is 6.10 Å². The summed E-state index contributed by atoms with van der Waals surface area (Å²) in [6, 6.07) is 1.96. The summed E-state index contributed by atoms with van der Waals surface area (Å²) in [4.78, 5) is 7.84. The molecule has 1 aromatic rings. The number of oxime groups is 1. The largest absolute Gasteiger partial charge is 0.391 e. The molecule has 5 nitrogen and oxygen atoms in total. The molecule has 0 N–H and O–H groups in total. The van der Waals surface area contributed by atoms with Crippen LogP contribution in [0.4, 0.5) is 0 Å². The first-order valence-corrected chi connectivity index (χ1v) is 6.73. The molecule has 1 atom stereocenters. The molecule has 1 aliphatic heterocycles. The topological polar surface area (TPSA) is 42.6 Å². The lowest BCUT2D eigenvalue weighted by atomic mass is 10.1. The van der Waals surface area contributed by atoms with Gasteiger partial charge in [-0.05, 0) is 19.0 Å². The summed E-state index contributed by atoms with van der Waals surface area (Å²) in [6.07, 6.45) is 6.03. The fourth-order valence-corrected chi connectivity index (χ4v) is 2.14. The van der Waals surface area contributed by atoms with Crippen LogP contribution >= 0.6 is 0 Å². The average molecular weight is 250 g/mol. The Kier molecular flexibility index (Phi) is 4.75. The van der Waals surface area contributed by atoms with Crippen LogP contribution in [0.25, 0.3) is 0 Å². The second-order valence-corrected chi connectivity index (χ2v) is 4.60. The van der Waals surface area contributed by atoms with Gasteiger partial charge in [0.15, 0.2) is 0 Å². The van der Waals surface area contributed by atoms with Crippen molar-refractivity contribution in [2.24, 2.45) is 5.16 Å². The molecule has 0 radical (unpaired) electrons. The number of rotatable bonds is 7. The highest BCUT2D eigenvalue weighted by atomic mass is 16.6. The van der Waals surface area contributed by atoms with Crippen molar-refractivity contribution in [3.63, 3.8) is 0 Å². The van der Waals surface area contributed by atoms with E-state index in [1.807, 2.05) is 23.1 Å². The quantitative estimate of drug-likeness (QED) is 0.740. The Labute approximate surface area is 108 Å². The van der Waals surface area contributed by atoms with E-state index < -0.39 is 0 Å². The van der Waals surface area contributed by atoms with Gasteiger partial charge in [-0.2, -0.15) is 5.10 Å². The summed E-state index contributed by atoms with van der Waals surface area (Å²) in [5.41, 5.74) is 1.18. The summed E-state index contributed by atoms with van der Waals surface area (Å²) in [5, 5.41) is 8.32. The Morgan fingerprint density at radius 3 is 3.00 bits per heavy atom. The van der Waals surface area contributed by atoms with Gasteiger partial charge >= 0.3 is 0 Å². The molecule has 0 saturated carbocycles. The SMILES string of the molecule is CCC1=NOC(CN(CC)CCn2cccn2)C1. The average Bonchev–Trinajstić information content (AvgIpc) is 3.05. The van der Waals surface area contributed by atoms with Crippen molar-refractivity contribution in [1.82, 2.24) is 14.7 Å². The normalized spacial score (nSPS) is 19.1. The van der Waals surface area contributed by atoms with Gasteiger partial charge < -0.3 is 4.84 Å². The van der Waals surface area contributed by atoms with Crippen molar-refractivity contribution in [1.29, 1.82) is 0 Å². The van der Waals surface area contributed by atoms with E-state index in [0.29, 0.717) is 0 Å². The van der Waals surface area contributed by atoms with Crippen molar-refractivity contribution in [3.05, 3.63) is 18.5 Å². The van der Waals surface area contributed by atoms with E-state index in [2.05, 4.69) is 29.0 Å². The summed E-state index contributed by atoms with van der Waals surface area (Å²) >= 11 is 0. The fraction of sp³-hybridized carbons (Fsp3) is 0.692. The summed E-state index contributed by atoms with van der Waals surface area (Å²) in [5.74, 6) is 0. The molecule has 0 fully saturated rings. The number of nitrogens with zero attached hydrogens (tertiary/aromatic N) is 4. The molecule has 2 rings (SSSR count). The van der Waals surface area contributed by atoms with Crippen molar-refractivity contribution in [2.75, 3.05) is 19.6 Å². The van der Waals surface area contributed by atoms with Crippen LogP contribution in [0.1, 0.15) is 26.7 Å². The number of aromatic nitrogens is 2. The zero-order valence-corrected chi connectivity index (χ0v) is 11.2. The molecular formula is C13H22N4O.